The summed E-state index contributed by atoms with van der Waals surface area (Å²) in [5.74, 6) is -0.470. The molecule has 0 spiro atoms. The van der Waals surface area contributed by atoms with E-state index in [9.17, 15) is 9.59 Å². The minimum atomic E-state index is -0.591. The van der Waals surface area contributed by atoms with Gasteiger partial charge in [-0.2, -0.15) is 0 Å². The van der Waals surface area contributed by atoms with Gasteiger partial charge in [0.2, 0.25) is 0 Å². The second-order valence-electron chi connectivity index (χ2n) is 5.07. The highest BCUT2D eigenvalue weighted by Gasteiger charge is 2.05. The zero-order valence-corrected chi connectivity index (χ0v) is 13.1. The molecule has 2 aromatic carbocycles. The Balaban J connectivity index is 1.92. The molecule has 4 nitrogen and oxygen atoms in total. The molecule has 0 aromatic heterocycles. The van der Waals surface area contributed by atoms with Gasteiger partial charge in [0.25, 0.3) is 5.91 Å². The quantitative estimate of drug-likeness (QED) is 0.486. The van der Waals surface area contributed by atoms with Crippen molar-refractivity contribution in [1.29, 1.82) is 0 Å². The van der Waals surface area contributed by atoms with Gasteiger partial charge in [-0.05, 0) is 34.9 Å². The van der Waals surface area contributed by atoms with Crippen LogP contribution in [0.1, 0.15) is 16.7 Å². The topological polar surface area (TPSA) is 66.4 Å². The normalized spacial score (nSPS) is 10.7. The van der Waals surface area contributed by atoms with E-state index in [-0.39, 0.29) is 5.78 Å². The van der Waals surface area contributed by atoms with Gasteiger partial charge in [-0.15, -0.1) is 0 Å². The van der Waals surface area contributed by atoms with Crippen molar-refractivity contribution in [3.05, 3.63) is 76.3 Å². The van der Waals surface area contributed by atoms with Crippen molar-refractivity contribution in [3.63, 3.8) is 0 Å². The van der Waals surface area contributed by atoms with Gasteiger partial charge in [0.15, 0.2) is 0 Å². The number of hydrogen-bond donors (Lipinski definition) is 2. The van der Waals surface area contributed by atoms with Crippen molar-refractivity contribution in [3.8, 4) is 0 Å². The fourth-order valence-corrected chi connectivity index (χ4v) is 2.20. The number of ketones is 1. The second-order valence-corrected chi connectivity index (χ2v) is 5.51. The van der Waals surface area contributed by atoms with Gasteiger partial charge in [0.05, 0.1) is 0 Å². The third-order valence-electron chi connectivity index (χ3n) is 3.23. The highest BCUT2D eigenvalue weighted by atomic mass is 35.5. The first-order chi connectivity index (χ1) is 11.1. The standard InChI is InChI=1S/C18H16ClNO3/c19-16-8-5-15(6-9-16)12-17(21)11-14-3-1-13(2-4-14)7-10-18(22)20-23/h1-10,23H,11-12H2,(H,20,22)/b10-7+. The summed E-state index contributed by atoms with van der Waals surface area (Å²) in [6.07, 6.45) is 3.52. The Labute approximate surface area is 139 Å². The first-order valence-corrected chi connectivity index (χ1v) is 7.42. The van der Waals surface area contributed by atoms with Gasteiger partial charge in [-0.25, -0.2) is 5.48 Å². The number of hydrogen-bond acceptors (Lipinski definition) is 3. The average Bonchev–Trinajstić information content (AvgIpc) is 2.56. The van der Waals surface area contributed by atoms with Crippen LogP contribution in [0.3, 0.4) is 0 Å². The highest BCUT2D eigenvalue weighted by Crippen LogP contribution is 2.12. The van der Waals surface area contributed by atoms with Crippen LogP contribution in [0, 0.1) is 0 Å². The van der Waals surface area contributed by atoms with Crippen molar-refractivity contribution in [2.24, 2.45) is 0 Å². The Hall–Kier alpha value is -2.43. The molecule has 0 unspecified atom stereocenters. The lowest BCUT2D eigenvalue weighted by Gasteiger charge is -2.03. The third-order valence-corrected chi connectivity index (χ3v) is 3.48. The van der Waals surface area contributed by atoms with E-state index in [2.05, 4.69) is 0 Å². The molecule has 0 atom stereocenters. The van der Waals surface area contributed by atoms with Crippen molar-refractivity contribution < 1.29 is 14.8 Å². The number of carbonyl (C=O) groups excluding carboxylic acids is 2. The first kappa shape index (κ1) is 16.9. The van der Waals surface area contributed by atoms with Crippen molar-refractivity contribution >= 4 is 29.4 Å². The molecule has 118 valence electrons. The number of halogens is 1. The van der Waals surface area contributed by atoms with E-state index in [1.165, 1.54) is 11.6 Å². The van der Waals surface area contributed by atoms with E-state index in [0.29, 0.717) is 17.9 Å². The van der Waals surface area contributed by atoms with Crippen LogP contribution in [0.2, 0.25) is 5.02 Å². The van der Waals surface area contributed by atoms with Gasteiger partial charge >= 0.3 is 0 Å². The van der Waals surface area contributed by atoms with Crippen LogP contribution in [0.4, 0.5) is 0 Å². The summed E-state index contributed by atoms with van der Waals surface area (Å²) in [5.41, 5.74) is 4.18. The number of benzene rings is 2. The molecule has 0 fully saturated rings. The maximum Gasteiger partial charge on any atom is 0.267 e. The Bertz CT molecular complexity index is 706. The van der Waals surface area contributed by atoms with Crippen LogP contribution >= 0.6 is 11.6 Å². The summed E-state index contributed by atoms with van der Waals surface area (Å²) in [5, 5.41) is 9.05. The molecule has 0 heterocycles. The van der Waals surface area contributed by atoms with E-state index in [1.54, 1.807) is 18.2 Å². The molecular weight excluding hydrogens is 314 g/mol. The predicted octanol–water partition coefficient (Wildman–Crippen LogP) is 3.21. The van der Waals surface area contributed by atoms with Crippen molar-refractivity contribution in [2.75, 3.05) is 0 Å². The summed E-state index contributed by atoms with van der Waals surface area (Å²) in [6.45, 7) is 0. The van der Waals surface area contributed by atoms with Crippen molar-refractivity contribution in [1.82, 2.24) is 5.48 Å². The molecule has 23 heavy (non-hydrogen) atoms. The lowest BCUT2D eigenvalue weighted by atomic mass is 10.0. The lowest BCUT2D eigenvalue weighted by molar-refractivity contribution is -0.124. The minimum absolute atomic E-state index is 0.121. The number of nitrogens with one attached hydrogen (secondary N) is 1. The first-order valence-electron chi connectivity index (χ1n) is 7.04. The summed E-state index contributed by atoms with van der Waals surface area (Å²) in [6, 6.07) is 14.5. The van der Waals surface area contributed by atoms with Gasteiger partial charge in [0, 0.05) is 23.9 Å². The minimum Gasteiger partial charge on any atom is -0.299 e. The maximum absolute atomic E-state index is 12.1. The average molecular weight is 330 g/mol. The SMILES string of the molecule is O=C(Cc1ccc(Cl)cc1)Cc1ccc(/C=C/C(=O)NO)cc1. The predicted molar refractivity (Wildman–Crippen MR) is 89.3 cm³/mol. The Morgan fingerprint density at radius 2 is 1.48 bits per heavy atom. The molecule has 0 aliphatic carbocycles. The van der Waals surface area contributed by atoms with Gasteiger partial charge in [-0.1, -0.05) is 48.0 Å². The van der Waals surface area contributed by atoms with E-state index < -0.39 is 5.91 Å². The van der Waals surface area contributed by atoms with E-state index in [0.717, 1.165) is 16.7 Å². The maximum atomic E-state index is 12.1. The van der Waals surface area contributed by atoms with Crippen LogP contribution in [0.25, 0.3) is 6.08 Å². The molecular formula is C18H16ClNO3. The smallest absolute Gasteiger partial charge is 0.267 e. The van der Waals surface area contributed by atoms with Gasteiger partial charge in [0.1, 0.15) is 5.78 Å². The summed E-state index contributed by atoms with van der Waals surface area (Å²) in [4.78, 5) is 23.0. The number of hydroxylamine groups is 1. The van der Waals surface area contributed by atoms with Gasteiger partial charge < -0.3 is 0 Å². The second kappa shape index (κ2) is 8.27. The molecule has 0 saturated carbocycles. The van der Waals surface area contributed by atoms with Crippen LogP contribution in [0.15, 0.2) is 54.6 Å². The molecule has 2 rings (SSSR count). The molecule has 0 aliphatic heterocycles. The van der Waals surface area contributed by atoms with E-state index in [4.69, 9.17) is 16.8 Å². The van der Waals surface area contributed by atoms with E-state index in [1.807, 2.05) is 36.4 Å². The zero-order valence-electron chi connectivity index (χ0n) is 12.3. The van der Waals surface area contributed by atoms with Crippen molar-refractivity contribution in [2.45, 2.75) is 12.8 Å². The van der Waals surface area contributed by atoms with Crippen LogP contribution in [-0.2, 0) is 22.4 Å². The van der Waals surface area contributed by atoms with E-state index >= 15 is 0 Å². The van der Waals surface area contributed by atoms with Crippen LogP contribution < -0.4 is 5.48 Å². The van der Waals surface area contributed by atoms with Crippen LogP contribution in [-0.4, -0.2) is 16.9 Å². The zero-order chi connectivity index (χ0) is 16.7. The summed E-state index contributed by atoms with van der Waals surface area (Å²) >= 11 is 5.82. The largest absolute Gasteiger partial charge is 0.299 e. The third kappa shape index (κ3) is 5.70. The summed E-state index contributed by atoms with van der Waals surface area (Å²) in [7, 11) is 0. The fourth-order valence-electron chi connectivity index (χ4n) is 2.08. The number of rotatable bonds is 6. The Morgan fingerprint density at radius 3 is 2.00 bits per heavy atom. The number of carbonyl (C=O) groups is 2. The Kier molecular flexibility index (Phi) is 6.09. The molecule has 2 aromatic rings. The number of Topliss-reactive ketones (excluding diaryl/α,β-unsaturated/α-hetero) is 1. The molecule has 0 bridgehead atoms. The molecule has 5 heteroatoms. The lowest BCUT2D eigenvalue weighted by Crippen LogP contribution is -2.14. The molecule has 0 aliphatic rings. The molecule has 0 radical (unpaired) electrons. The van der Waals surface area contributed by atoms with Gasteiger partial charge in [-0.3, -0.25) is 14.8 Å². The van der Waals surface area contributed by atoms with Crippen LogP contribution in [0.5, 0.6) is 0 Å². The highest BCUT2D eigenvalue weighted by molar-refractivity contribution is 6.30. The summed E-state index contributed by atoms with van der Waals surface area (Å²) < 4.78 is 0. The fraction of sp³-hybridized carbons (Fsp3) is 0.111. The molecule has 0 saturated heterocycles. The molecule has 1 amide bonds. The molecule has 2 N–H and O–H groups in total. The monoisotopic (exact) mass is 329 g/mol. The Morgan fingerprint density at radius 1 is 0.957 bits per heavy atom. The number of amides is 1.